The van der Waals surface area contributed by atoms with E-state index in [-0.39, 0.29) is 6.54 Å². The first-order chi connectivity index (χ1) is 17.0. The molecule has 0 radical (unpaired) electrons. The Hall–Kier alpha value is -3.70. The Balaban J connectivity index is 1.17. The minimum atomic E-state index is -0.470. The Morgan fingerprint density at radius 1 is 1.26 bits per heavy atom. The van der Waals surface area contributed by atoms with Crippen molar-refractivity contribution in [2.24, 2.45) is 5.73 Å². The van der Waals surface area contributed by atoms with Gasteiger partial charge in [-0.3, -0.25) is 9.88 Å². The molecule has 184 valence electrons. The van der Waals surface area contributed by atoms with E-state index in [1.54, 1.807) is 30.3 Å². The SMILES string of the molecule is COc1ccc2ncc(F)c(CNCC[C@H](N)[C@H]3CN(c4ccc5c(c4)OCCO5)C(=O)O3)c2n1. The molecule has 3 aromatic rings. The van der Waals surface area contributed by atoms with Crippen LogP contribution in [0.3, 0.4) is 0 Å². The van der Waals surface area contributed by atoms with Gasteiger partial charge in [-0.2, -0.15) is 0 Å². The van der Waals surface area contributed by atoms with E-state index in [2.05, 4.69) is 15.3 Å². The lowest BCUT2D eigenvalue weighted by Gasteiger charge is -2.21. The van der Waals surface area contributed by atoms with Crippen molar-refractivity contribution in [2.45, 2.75) is 25.1 Å². The highest BCUT2D eigenvalue weighted by Gasteiger charge is 2.36. The lowest BCUT2D eigenvalue weighted by molar-refractivity contribution is 0.124. The van der Waals surface area contributed by atoms with Crippen LogP contribution < -0.4 is 30.2 Å². The van der Waals surface area contributed by atoms with Crippen molar-refractivity contribution in [1.82, 2.24) is 15.3 Å². The van der Waals surface area contributed by atoms with Crippen LogP contribution in [0.5, 0.6) is 17.4 Å². The van der Waals surface area contributed by atoms with Crippen LogP contribution in [0.2, 0.25) is 0 Å². The molecule has 1 aromatic carbocycles. The topological polar surface area (TPSA) is 121 Å². The lowest BCUT2D eigenvalue weighted by Crippen LogP contribution is -2.40. The van der Waals surface area contributed by atoms with Crippen molar-refractivity contribution in [1.29, 1.82) is 0 Å². The molecule has 11 heteroatoms. The summed E-state index contributed by atoms with van der Waals surface area (Å²) in [5.41, 5.74) is 8.42. The third-order valence-electron chi connectivity index (χ3n) is 6.05. The van der Waals surface area contributed by atoms with Crippen molar-refractivity contribution < 1.29 is 28.1 Å². The number of cyclic esters (lactones) is 1. The maximum Gasteiger partial charge on any atom is 0.414 e. The fourth-order valence-electron chi connectivity index (χ4n) is 4.15. The summed E-state index contributed by atoms with van der Waals surface area (Å²) in [4.78, 5) is 22.4. The minimum absolute atomic E-state index is 0.242. The number of benzene rings is 1. The zero-order valence-corrected chi connectivity index (χ0v) is 19.2. The number of nitrogens with two attached hydrogens (primary N) is 1. The molecule has 2 aliphatic rings. The van der Waals surface area contributed by atoms with Crippen LogP contribution in [0.4, 0.5) is 14.9 Å². The maximum atomic E-state index is 14.5. The van der Waals surface area contributed by atoms with Gasteiger partial charge in [0, 0.05) is 30.3 Å². The van der Waals surface area contributed by atoms with Crippen LogP contribution in [0.15, 0.2) is 36.5 Å². The predicted octanol–water partition coefficient (Wildman–Crippen LogP) is 2.38. The average molecular weight is 484 g/mol. The van der Waals surface area contributed by atoms with Crippen LogP contribution in [0, 0.1) is 5.82 Å². The summed E-state index contributed by atoms with van der Waals surface area (Å²) in [7, 11) is 1.50. The fraction of sp³-hybridized carbons (Fsp3) is 0.375. The number of aromatic nitrogens is 2. The van der Waals surface area contributed by atoms with E-state index in [9.17, 15) is 9.18 Å². The normalized spacial score (nSPS) is 18.0. The Labute approximate surface area is 201 Å². The van der Waals surface area contributed by atoms with Gasteiger partial charge in [0.25, 0.3) is 0 Å². The molecule has 1 saturated heterocycles. The Bertz CT molecular complexity index is 1240. The number of pyridine rings is 2. The number of methoxy groups -OCH3 is 1. The zero-order chi connectivity index (χ0) is 24.4. The van der Waals surface area contributed by atoms with Gasteiger partial charge in [-0.15, -0.1) is 0 Å². The number of amides is 1. The minimum Gasteiger partial charge on any atom is -0.486 e. The smallest absolute Gasteiger partial charge is 0.414 e. The van der Waals surface area contributed by atoms with Gasteiger partial charge in [0.05, 0.1) is 31.1 Å². The first kappa shape index (κ1) is 23.1. The zero-order valence-electron chi connectivity index (χ0n) is 19.2. The Morgan fingerprint density at radius 3 is 2.91 bits per heavy atom. The number of fused-ring (bicyclic) bond motifs is 2. The van der Waals surface area contributed by atoms with E-state index < -0.39 is 24.1 Å². The molecule has 2 aromatic heterocycles. The van der Waals surface area contributed by atoms with Crippen LogP contribution >= 0.6 is 0 Å². The molecule has 4 heterocycles. The van der Waals surface area contributed by atoms with Crippen LogP contribution in [0.1, 0.15) is 12.0 Å². The molecule has 2 aliphatic heterocycles. The molecule has 3 N–H and O–H groups in total. The summed E-state index contributed by atoms with van der Waals surface area (Å²) >= 11 is 0. The highest BCUT2D eigenvalue weighted by molar-refractivity contribution is 5.90. The van der Waals surface area contributed by atoms with Gasteiger partial charge in [0.2, 0.25) is 5.88 Å². The molecule has 35 heavy (non-hydrogen) atoms. The van der Waals surface area contributed by atoms with Gasteiger partial charge in [0.15, 0.2) is 11.5 Å². The summed E-state index contributed by atoms with van der Waals surface area (Å²) in [5.74, 6) is 1.19. The van der Waals surface area contributed by atoms with Gasteiger partial charge in [-0.25, -0.2) is 14.2 Å². The number of ether oxygens (including phenoxy) is 4. The van der Waals surface area contributed by atoms with Crippen molar-refractivity contribution in [2.75, 3.05) is 38.3 Å². The summed E-state index contributed by atoms with van der Waals surface area (Å²) < 4.78 is 36.3. The van der Waals surface area contributed by atoms with Gasteiger partial charge < -0.3 is 30.0 Å². The van der Waals surface area contributed by atoms with E-state index in [1.165, 1.54) is 18.2 Å². The summed E-state index contributed by atoms with van der Waals surface area (Å²) in [6.07, 6.45) is 0.778. The second-order valence-electron chi connectivity index (χ2n) is 8.30. The van der Waals surface area contributed by atoms with Crippen molar-refractivity contribution in [3.05, 3.63) is 47.9 Å². The first-order valence-electron chi connectivity index (χ1n) is 11.4. The number of rotatable bonds is 8. The van der Waals surface area contributed by atoms with E-state index in [0.717, 1.165) is 0 Å². The Kier molecular flexibility index (Phi) is 6.51. The molecule has 0 bridgehead atoms. The second kappa shape index (κ2) is 9.88. The monoisotopic (exact) mass is 483 g/mol. The standard InChI is InChI=1S/C24H26FN5O5/c1-32-22-5-3-18-23(29-22)15(16(25)12-28-18)11-27-7-6-17(26)21-13-30(24(31)35-21)14-2-4-19-20(10-14)34-9-8-33-19/h2-5,10,12,17,21,27H,6-9,11,13,26H2,1H3/t17-,21+/m0/s1. The third kappa shape index (κ3) is 4.77. The highest BCUT2D eigenvalue weighted by Crippen LogP contribution is 2.35. The molecule has 2 atom stereocenters. The average Bonchev–Trinajstić information content (AvgIpc) is 3.28. The first-order valence-corrected chi connectivity index (χ1v) is 11.4. The maximum absolute atomic E-state index is 14.5. The largest absolute Gasteiger partial charge is 0.486 e. The second-order valence-corrected chi connectivity index (χ2v) is 8.30. The molecule has 1 amide bonds. The molecular weight excluding hydrogens is 457 g/mol. The van der Waals surface area contributed by atoms with E-state index >= 15 is 0 Å². The molecular formula is C24H26FN5O5. The number of carbonyl (C=O) groups excluding carboxylic acids is 1. The molecule has 0 aliphatic carbocycles. The number of nitrogens with zero attached hydrogens (tertiary/aromatic N) is 3. The summed E-state index contributed by atoms with van der Waals surface area (Å²) in [6.45, 7) is 2.02. The predicted molar refractivity (Wildman–Crippen MR) is 125 cm³/mol. The van der Waals surface area contributed by atoms with Gasteiger partial charge in [-0.1, -0.05) is 0 Å². The van der Waals surface area contributed by atoms with Crippen molar-refractivity contribution >= 4 is 22.8 Å². The quantitative estimate of drug-likeness (QED) is 0.465. The number of nitrogens with one attached hydrogen (secondary N) is 1. The van der Waals surface area contributed by atoms with Crippen LogP contribution in [0.25, 0.3) is 11.0 Å². The van der Waals surface area contributed by atoms with Crippen LogP contribution in [-0.4, -0.2) is 61.6 Å². The molecule has 0 spiro atoms. The van der Waals surface area contributed by atoms with Crippen LogP contribution in [-0.2, 0) is 11.3 Å². The number of carbonyl (C=O) groups is 1. The Morgan fingerprint density at radius 2 is 2.09 bits per heavy atom. The highest BCUT2D eigenvalue weighted by atomic mass is 19.1. The van der Waals surface area contributed by atoms with Gasteiger partial charge in [0.1, 0.15) is 30.7 Å². The lowest BCUT2D eigenvalue weighted by atomic mass is 10.1. The van der Waals surface area contributed by atoms with E-state index in [4.69, 9.17) is 24.7 Å². The molecule has 1 fully saturated rings. The third-order valence-corrected chi connectivity index (χ3v) is 6.05. The fourth-order valence-corrected chi connectivity index (χ4v) is 4.15. The van der Waals surface area contributed by atoms with E-state index in [1.807, 2.05) is 0 Å². The molecule has 10 nitrogen and oxygen atoms in total. The summed E-state index contributed by atoms with van der Waals surface area (Å²) in [6, 6.07) is 8.36. The summed E-state index contributed by atoms with van der Waals surface area (Å²) in [5, 5.41) is 3.20. The van der Waals surface area contributed by atoms with Crippen molar-refractivity contribution in [3.63, 3.8) is 0 Å². The number of halogens is 1. The molecule has 0 saturated carbocycles. The number of hydrogen-bond donors (Lipinski definition) is 2. The number of anilines is 1. The van der Waals surface area contributed by atoms with E-state index in [0.29, 0.717) is 72.4 Å². The molecule has 0 unspecified atom stereocenters. The molecule has 5 rings (SSSR count). The van der Waals surface area contributed by atoms with Gasteiger partial charge >= 0.3 is 6.09 Å². The van der Waals surface area contributed by atoms with Crippen molar-refractivity contribution in [3.8, 4) is 17.4 Å². The number of hydrogen-bond acceptors (Lipinski definition) is 9. The van der Waals surface area contributed by atoms with Gasteiger partial charge in [-0.05, 0) is 31.2 Å².